The normalized spacial score (nSPS) is 16.4. The molecule has 102 valence electrons. The fourth-order valence-corrected chi connectivity index (χ4v) is 2.61. The number of benzene rings is 2. The molecular weight excluding hydrogens is 252 g/mol. The fraction of sp³-hybridized carbons (Fsp3) is 0.235. The second kappa shape index (κ2) is 5.00. The van der Waals surface area contributed by atoms with E-state index in [-0.39, 0.29) is 11.7 Å². The Kier molecular flexibility index (Phi) is 3.18. The lowest BCUT2D eigenvalue weighted by Gasteiger charge is -2.10. The van der Waals surface area contributed by atoms with Crippen molar-refractivity contribution in [1.82, 2.24) is 0 Å². The van der Waals surface area contributed by atoms with Gasteiger partial charge >= 0.3 is 0 Å². The monoisotopic (exact) mass is 268 g/mol. The number of rotatable bonds is 3. The van der Waals surface area contributed by atoms with Crippen molar-refractivity contribution < 1.29 is 14.3 Å². The van der Waals surface area contributed by atoms with Gasteiger partial charge in [-0.2, -0.15) is 0 Å². The van der Waals surface area contributed by atoms with Crippen molar-refractivity contribution in [3.8, 4) is 11.5 Å². The second-order valence-electron chi connectivity index (χ2n) is 4.95. The molecule has 0 bridgehead atoms. The Morgan fingerprint density at radius 1 is 1.25 bits per heavy atom. The number of para-hydroxylation sites is 1. The third-order valence-electron chi connectivity index (χ3n) is 3.70. The standard InChI is InChI=1S/C17H16O3/c1-11-9-12(7-8-15(11)19-2)17(18)14-10-20-16-6-4-3-5-13(14)16/h3-9,14H,10H2,1-2H3. The molecule has 1 atom stereocenters. The van der Waals surface area contributed by atoms with Crippen LogP contribution in [0.3, 0.4) is 0 Å². The predicted molar refractivity (Wildman–Crippen MR) is 76.7 cm³/mol. The predicted octanol–water partition coefficient (Wildman–Crippen LogP) is 3.36. The van der Waals surface area contributed by atoms with Crippen molar-refractivity contribution in [2.45, 2.75) is 12.8 Å². The number of hydrogen-bond acceptors (Lipinski definition) is 3. The maximum absolute atomic E-state index is 12.6. The summed E-state index contributed by atoms with van der Waals surface area (Å²) in [5.41, 5.74) is 2.64. The minimum atomic E-state index is -0.209. The molecule has 1 heterocycles. The highest BCUT2D eigenvalue weighted by Crippen LogP contribution is 2.36. The number of carbonyl (C=O) groups excluding carboxylic acids is 1. The molecular formula is C17H16O3. The zero-order valence-corrected chi connectivity index (χ0v) is 11.6. The molecule has 0 radical (unpaired) electrons. The smallest absolute Gasteiger partial charge is 0.173 e. The van der Waals surface area contributed by atoms with Crippen molar-refractivity contribution in [1.29, 1.82) is 0 Å². The SMILES string of the molecule is COc1ccc(C(=O)C2COc3ccccc32)cc1C. The molecule has 20 heavy (non-hydrogen) atoms. The number of aryl methyl sites for hydroxylation is 1. The third-order valence-corrected chi connectivity index (χ3v) is 3.70. The summed E-state index contributed by atoms with van der Waals surface area (Å²) in [6.07, 6.45) is 0. The third kappa shape index (κ3) is 2.05. The first-order valence-electron chi connectivity index (χ1n) is 6.61. The Labute approximate surface area is 118 Å². The van der Waals surface area contributed by atoms with Gasteiger partial charge in [0, 0.05) is 11.1 Å². The average molecular weight is 268 g/mol. The van der Waals surface area contributed by atoms with Gasteiger partial charge in [-0.15, -0.1) is 0 Å². The molecule has 0 saturated carbocycles. The molecule has 0 spiro atoms. The Balaban J connectivity index is 1.93. The molecule has 1 unspecified atom stereocenters. The summed E-state index contributed by atoms with van der Waals surface area (Å²) in [7, 11) is 1.63. The lowest BCUT2D eigenvalue weighted by Crippen LogP contribution is -2.14. The first-order chi connectivity index (χ1) is 9.70. The number of fused-ring (bicyclic) bond motifs is 1. The Morgan fingerprint density at radius 3 is 2.80 bits per heavy atom. The minimum absolute atomic E-state index is 0.0979. The molecule has 1 aliphatic rings. The van der Waals surface area contributed by atoms with Crippen molar-refractivity contribution in [2.24, 2.45) is 0 Å². The average Bonchev–Trinajstić information content (AvgIpc) is 2.90. The van der Waals surface area contributed by atoms with E-state index in [9.17, 15) is 4.79 Å². The number of methoxy groups -OCH3 is 1. The van der Waals surface area contributed by atoms with Gasteiger partial charge in [-0.25, -0.2) is 0 Å². The van der Waals surface area contributed by atoms with E-state index < -0.39 is 0 Å². The molecule has 2 aromatic carbocycles. The summed E-state index contributed by atoms with van der Waals surface area (Å²) in [5, 5.41) is 0. The highest BCUT2D eigenvalue weighted by molar-refractivity contribution is 6.02. The van der Waals surface area contributed by atoms with E-state index in [1.807, 2.05) is 49.4 Å². The van der Waals surface area contributed by atoms with E-state index in [1.165, 1.54) is 0 Å². The molecule has 0 aromatic heterocycles. The minimum Gasteiger partial charge on any atom is -0.496 e. The van der Waals surface area contributed by atoms with Crippen LogP contribution in [0, 0.1) is 6.92 Å². The summed E-state index contributed by atoms with van der Waals surface area (Å²) < 4.78 is 10.8. The van der Waals surface area contributed by atoms with E-state index in [0.717, 1.165) is 22.6 Å². The largest absolute Gasteiger partial charge is 0.496 e. The summed E-state index contributed by atoms with van der Waals surface area (Å²) in [6.45, 7) is 2.36. The second-order valence-corrected chi connectivity index (χ2v) is 4.95. The molecule has 1 aliphatic heterocycles. The van der Waals surface area contributed by atoms with Crippen LogP contribution in [0.4, 0.5) is 0 Å². The van der Waals surface area contributed by atoms with Crippen molar-refractivity contribution >= 4 is 5.78 Å². The van der Waals surface area contributed by atoms with Gasteiger partial charge < -0.3 is 9.47 Å². The lowest BCUT2D eigenvalue weighted by molar-refractivity contribution is 0.0947. The van der Waals surface area contributed by atoms with Crippen molar-refractivity contribution in [3.63, 3.8) is 0 Å². The Bertz CT molecular complexity index is 661. The molecule has 3 heteroatoms. The van der Waals surface area contributed by atoms with Crippen LogP contribution in [0.25, 0.3) is 0 Å². The summed E-state index contributed by atoms with van der Waals surface area (Å²) >= 11 is 0. The van der Waals surface area contributed by atoms with Crippen LogP contribution in [0.1, 0.15) is 27.4 Å². The summed E-state index contributed by atoms with van der Waals surface area (Å²) in [6, 6.07) is 13.3. The molecule has 3 rings (SSSR count). The van der Waals surface area contributed by atoms with Gasteiger partial charge in [0.2, 0.25) is 0 Å². The topological polar surface area (TPSA) is 35.5 Å². The van der Waals surface area contributed by atoms with Crippen molar-refractivity contribution in [3.05, 3.63) is 59.2 Å². The summed E-state index contributed by atoms with van der Waals surface area (Å²) in [5.74, 6) is 1.50. The first kappa shape index (κ1) is 12.7. The van der Waals surface area contributed by atoms with Gasteiger partial charge in [0.15, 0.2) is 5.78 Å². The number of hydrogen-bond donors (Lipinski definition) is 0. The maximum Gasteiger partial charge on any atom is 0.173 e. The lowest BCUT2D eigenvalue weighted by atomic mass is 9.92. The molecule has 0 saturated heterocycles. The van der Waals surface area contributed by atoms with E-state index >= 15 is 0 Å². The quantitative estimate of drug-likeness (QED) is 0.801. The van der Waals surface area contributed by atoms with Crippen LogP contribution in [-0.4, -0.2) is 19.5 Å². The molecule has 0 N–H and O–H groups in total. The number of ketones is 1. The van der Waals surface area contributed by atoms with Gasteiger partial charge in [-0.3, -0.25) is 4.79 Å². The van der Waals surface area contributed by atoms with Crippen LogP contribution in [0.2, 0.25) is 0 Å². The Hall–Kier alpha value is -2.29. The first-order valence-corrected chi connectivity index (χ1v) is 6.61. The van der Waals surface area contributed by atoms with E-state index in [4.69, 9.17) is 9.47 Å². The van der Waals surface area contributed by atoms with Crippen LogP contribution in [0.15, 0.2) is 42.5 Å². The molecule has 0 amide bonds. The molecule has 0 fully saturated rings. The molecule has 0 aliphatic carbocycles. The van der Waals surface area contributed by atoms with Gasteiger partial charge in [0.1, 0.15) is 18.1 Å². The number of ether oxygens (including phenoxy) is 2. The van der Waals surface area contributed by atoms with Gasteiger partial charge in [0.25, 0.3) is 0 Å². The van der Waals surface area contributed by atoms with E-state index in [2.05, 4.69) is 0 Å². The number of carbonyl (C=O) groups is 1. The zero-order chi connectivity index (χ0) is 14.1. The Morgan fingerprint density at radius 2 is 2.05 bits per heavy atom. The van der Waals surface area contributed by atoms with Gasteiger partial charge in [-0.05, 0) is 36.8 Å². The highest BCUT2D eigenvalue weighted by atomic mass is 16.5. The summed E-state index contributed by atoms with van der Waals surface area (Å²) in [4.78, 5) is 12.6. The van der Waals surface area contributed by atoms with Crippen LogP contribution < -0.4 is 9.47 Å². The van der Waals surface area contributed by atoms with E-state index in [0.29, 0.717) is 12.2 Å². The van der Waals surface area contributed by atoms with Crippen LogP contribution >= 0.6 is 0 Å². The maximum atomic E-state index is 12.6. The molecule has 2 aromatic rings. The van der Waals surface area contributed by atoms with Crippen LogP contribution in [0.5, 0.6) is 11.5 Å². The van der Waals surface area contributed by atoms with E-state index in [1.54, 1.807) is 7.11 Å². The zero-order valence-electron chi connectivity index (χ0n) is 11.6. The van der Waals surface area contributed by atoms with Gasteiger partial charge in [-0.1, -0.05) is 18.2 Å². The molecule has 3 nitrogen and oxygen atoms in total. The number of Topliss-reactive ketones (excluding diaryl/α,β-unsaturated/α-hetero) is 1. The van der Waals surface area contributed by atoms with Crippen molar-refractivity contribution in [2.75, 3.05) is 13.7 Å². The van der Waals surface area contributed by atoms with Crippen LogP contribution in [-0.2, 0) is 0 Å². The highest BCUT2D eigenvalue weighted by Gasteiger charge is 2.30. The van der Waals surface area contributed by atoms with Gasteiger partial charge in [0.05, 0.1) is 13.0 Å². The fourth-order valence-electron chi connectivity index (χ4n) is 2.61.